The van der Waals surface area contributed by atoms with E-state index in [4.69, 9.17) is 9.47 Å². The lowest BCUT2D eigenvalue weighted by Gasteiger charge is -2.34. The number of guanidine groups is 1. The summed E-state index contributed by atoms with van der Waals surface area (Å²) in [6, 6.07) is 4.01. The van der Waals surface area contributed by atoms with E-state index in [0.29, 0.717) is 18.6 Å². The summed E-state index contributed by atoms with van der Waals surface area (Å²) in [6.45, 7) is 9.79. The van der Waals surface area contributed by atoms with Crippen molar-refractivity contribution in [3.05, 3.63) is 23.9 Å². The van der Waals surface area contributed by atoms with Gasteiger partial charge in [-0.3, -0.25) is 9.89 Å². The molecule has 1 aliphatic heterocycles. The molecular weight excluding hydrogens is 366 g/mol. The highest BCUT2D eigenvalue weighted by atomic mass is 16.5. The van der Waals surface area contributed by atoms with Gasteiger partial charge in [-0.25, -0.2) is 4.98 Å². The molecule has 1 atom stereocenters. The van der Waals surface area contributed by atoms with Crippen molar-refractivity contribution in [2.45, 2.75) is 58.3 Å². The number of pyridine rings is 1. The number of nitrogens with zero attached hydrogens (tertiary/aromatic N) is 3. The first-order valence-corrected chi connectivity index (χ1v) is 11.0. The topological polar surface area (TPSA) is 71.0 Å². The molecule has 2 heterocycles. The van der Waals surface area contributed by atoms with Gasteiger partial charge in [-0.2, -0.15) is 0 Å². The Hall–Kier alpha value is -1.86. The van der Waals surface area contributed by atoms with Crippen LogP contribution in [-0.4, -0.2) is 67.9 Å². The predicted octanol–water partition coefficient (Wildman–Crippen LogP) is 2.42. The maximum atomic E-state index is 6.13. The van der Waals surface area contributed by atoms with Crippen LogP contribution in [0.4, 0.5) is 0 Å². The average Bonchev–Trinajstić information content (AvgIpc) is 3.22. The number of aromatic nitrogens is 1. The monoisotopic (exact) mass is 403 g/mol. The van der Waals surface area contributed by atoms with Gasteiger partial charge < -0.3 is 20.1 Å². The fourth-order valence-corrected chi connectivity index (χ4v) is 4.03. The Morgan fingerprint density at radius 1 is 1.34 bits per heavy atom. The van der Waals surface area contributed by atoms with Crippen LogP contribution in [0.15, 0.2) is 23.3 Å². The number of nitrogens with one attached hydrogen (secondary N) is 2. The van der Waals surface area contributed by atoms with Crippen LogP contribution in [0, 0.1) is 5.92 Å². The number of rotatable bonds is 8. The van der Waals surface area contributed by atoms with E-state index in [1.165, 1.54) is 12.8 Å². The third kappa shape index (κ3) is 7.16. The first-order chi connectivity index (χ1) is 14.1. The Morgan fingerprint density at radius 3 is 2.93 bits per heavy atom. The molecule has 1 saturated carbocycles. The zero-order valence-electron chi connectivity index (χ0n) is 18.2. The van der Waals surface area contributed by atoms with Gasteiger partial charge in [-0.15, -0.1) is 0 Å². The lowest BCUT2D eigenvalue weighted by Crippen LogP contribution is -2.50. The molecular formula is C22H37N5O2. The Bertz CT molecular complexity index is 646. The molecule has 0 amide bonds. The van der Waals surface area contributed by atoms with E-state index in [2.05, 4.69) is 45.4 Å². The van der Waals surface area contributed by atoms with Gasteiger partial charge in [-0.05, 0) is 37.7 Å². The van der Waals surface area contributed by atoms with Crippen LogP contribution in [0.1, 0.15) is 45.1 Å². The molecule has 0 spiro atoms. The van der Waals surface area contributed by atoms with Crippen molar-refractivity contribution in [2.24, 2.45) is 10.9 Å². The number of hydrogen-bond acceptors (Lipinski definition) is 5. The minimum atomic E-state index is 0.181. The second-order valence-electron chi connectivity index (χ2n) is 8.44. The Balaban J connectivity index is 1.46. The van der Waals surface area contributed by atoms with Crippen LogP contribution in [0.25, 0.3) is 0 Å². The summed E-state index contributed by atoms with van der Waals surface area (Å²) in [5.41, 5.74) is 1.05. The molecule has 1 unspecified atom stereocenters. The van der Waals surface area contributed by atoms with E-state index in [-0.39, 0.29) is 6.10 Å². The molecule has 1 aromatic heterocycles. The highest BCUT2D eigenvalue weighted by Gasteiger charge is 2.21. The maximum absolute atomic E-state index is 6.13. The van der Waals surface area contributed by atoms with Crippen molar-refractivity contribution in [3.63, 3.8) is 0 Å². The quantitative estimate of drug-likeness (QED) is 0.513. The summed E-state index contributed by atoms with van der Waals surface area (Å²) in [5.74, 6) is 2.18. The molecule has 7 nitrogen and oxygen atoms in total. The lowest BCUT2D eigenvalue weighted by atomic mass is 10.2. The van der Waals surface area contributed by atoms with Crippen molar-refractivity contribution in [2.75, 3.05) is 39.8 Å². The summed E-state index contributed by atoms with van der Waals surface area (Å²) >= 11 is 0. The van der Waals surface area contributed by atoms with E-state index in [9.17, 15) is 0 Å². The summed E-state index contributed by atoms with van der Waals surface area (Å²) in [4.78, 5) is 11.3. The molecule has 2 fully saturated rings. The van der Waals surface area contributed by atoms with Gasteiger partial charge in [-0.1, -0.05) is 19.9 Å². The number of ether oxygens (including phenoxy) is 2. The van der Waals surface area contributed by atoms with Crippen molar-refractivity contribution in [1.82, 2.24) is 20.5 Å². The Morgan fingerprint density at radius 2 is 2.17 bits per heavy atom. The first kappa shape index (κ1) is 21.8. The molecule has 1 aromatic rings. The predicted molar refractivity (Wildman–Crippen MR) is 116 cm³/mol. The van der Waals surface area contributed by atoms with E-state index < -0.39 is 0 Å². The van der Waals surface area contributed by atoms with E-state index in [1.807, 2.05) is 6.07 Å². The average molecular weight is 404 g/mol. The van der Waals surface area contributed by atoms with Crippen LogP contribution in [0.3, 0.4) is 0 Å². The van der Waals surface area contributed by atoms with Crippen molar-refractivity contribution < 1.29 is 9.47 Å². The standard InChI is InChI=1S/C22H37N5O2/c1-17(2)15-27-11-12-28-20(16-27)14-26-22(23-3)25-13-18-7-6-10-24-21(18)29-19-8-4-5-9-19/h6-7,10,17,19-20H,4-5,8-9,11-16H2,1-3H3,(H2,23,25,26). The van der Waals surface area contributed by atoms with Crippen molar-refractivity contribution >= 4 is 5.96 Å². The Labute approximate surface area is 175 Å². The molecule has 29 heavy (non-hydrogen) atoms. The molecule has 162 valence electrons. The molecule has 1 aliphatic carbocycles. The SMILES string of the molecule is CN=C(NCc1cccnc1OC1CCCC1)NCC1CN(CC(C)C)CCO1. The normalized spacial score (nSPS) is 21.5. The number of hydrogen-bond donors (Lipinski definition) is 2. The zero-order chi connectivity index (χ0) is 20.5. The van der Waals surface area contributed by atoms with E-state index >= 15 is 0 Å². The van der Waals surface area contributed by atoms with Crippen LogP contribution < -0.4 is 15.4 Å². The van der Waals surface area contributed by atoms with E-state index in [1.54, 1.807) is 13.2 Å². The van der Waals surface area contributed by atoms with Crippen LogP contribution in [0.2, 0.25) is 0 Å². The van der Waals surface area contributed by atoms with Crippen molar-refractivity contribution in [1.29, 1.82) is 0 Å². The number of morpholine rings is 1. The second kappa shape index (κ2) is 11.4. The third-order valence-electron chi connectivity index (χ3n) is 5.44. The van der Waals surface area contributed by atoms with Gasteiger partial charge in [0.2, 0.25) is 5.88 Å². The van der Waals surface area contributed by atoms with Gasteiger partial charge in [0.05, 0.1) is 12.7 Å². The summed E-state index contributed by atoms with van der Waals surface area (Å²) < 4.78 is 12.1. The third-order valence-corrected chi connectivity index (χ3v) is 5.44. The highest BCUT2D eigenvalue weighted by molar-refractivity contribution is 5.79. The molecule has 1 saturated heterocycles. The molecule has 3 rings (SSSR count). The molecule has 7 heteroatoms. The lowest BCUT2D eigenvalue weighted by molar-refractivity contribution is -0.0284. The maximum Gasteiger partial charge on any atom is 0.218 e. The summed E-state index contributed by atoms with van der Waals surface area (Å²) in [6.07, 6.45) is 7.03. The largest absolute Gasteiger partial charge is 0.474 e. The van der Waals surface area contributed by atoms with Crippen LogP contribution >= 0.6 is 0 Å². The first-order valence-electron chi connectivity index (χ1n) is 11.0. The zero-order valence-corrected chi connectivity index (χ0v) is 18.2. The fraction of sp³-hybridized carbons (Fsp3) is 0.727. The Kier molecular flexibility index (Phi) is 8.55. The second-order valence-corrected chi connectivity index (χ2v) is 8.44. The smallest absolute Gasteiger partial charge is 0.218 e. The van der Waals surface area contributed by atoms with Crippen molar-refractivity contribution in [3.8, 4) is 5.88 Å². The van der Waals surface area contributed by atoms with E-state index in [0.717, 1.165) is 63.0 Å². The van der Waals surface area contributed by atoms with Gasteiger partial charge in [0.25, 0.3) is 0 Å². The minimum absolute atomic E-state index is 0.181. The molecule has 0 bridgehead atoms. The van der Waals surface area contributed by atoms with Gasteiger partial charge >= 0.3 is 0 Å². The molecule has 2 N–H and O–H groups in total. The molecule has 2 aliphatic rings. The van der Waals surface area contributed by atoms with Crippen LogP contribution in [0.5, 0.6) is 5.88 Å². The summed E-state index contributed by atoms with van der Waals surface area (Å²) in [7, 11) is 1.79. The van der Waals surface area contributed by atoms with Crippen LogP contribution in [-0.2, 0) is 11.3 Å². The number of aliphatic imine (C=N–C) groups is 1. The minimum Gasteiger partial charge on any atom is -0.474 e. The molecule has 0 aromatic carbocycles. The summed E-state index contributed by atoms with van der Waals surface area (Å²) in [5, 5.41) is 6.79. The molecule has 0 radical (unpaired) electrons. The van der Waals surface area contributed by atoms with Gasteiger partial charge in [0, 0.05) is 51.5 Å². The van der Waals surface area contributed by atoms with Gasteiger partial charge in [0.1, 0.15) is 6.10 Å². The fourth-order valence-electron chi connectivity index (χ4n) is 4.03. The highest BCUT2D eigenvalue weighted by Crippen LogP contribution is 2.24. The van der Waals surface area contributed by atoms with Gasteiger partial charge in [0.15, 0.2) is 5.96 Å².